The fourth-order valence-corrected chi connectivity index (χ4v) is 4.89. The lowest BCUT2D eigenvalue weighted by atomic mass is 10.1. The molecule has 1 atom stereocenters. The highest BCUT2D eigenvalue weighted by Gasteiger charge is 2.22. The monoisotopic (exact) mass is 299 g/mol. The van der Waals surface area contributed by atoms with Gasteiger partial charge in [0.15, 0.2) is 0 Å². The van der Waals surface area contributed by atoms with E-state index in [2.05, 4.69) is 11.2 Å². The van der Waals surface area contributed by atoms with Gasteiger partial charge in [0.1, 0.15) is 0 Å². The summed E-state index contributed by atoms with van der Waals surface area (Å²) in [6.45, 7) is 0. The van der Waals surface area contributed by atoms with E-state index >= 15 is 0 Å². The zero-order chi connectivity index (χ0) is 12.7. The second kappa shape index (κ2) is 4.89. The second-order valence-electron chi connectivity index (χ2n) is 4.38. The van der Waals surface area contributed by atoms with Crippen LogP contribution in [0.3, 0.4) is 0 Å². The van der Waals surface area contributed by atoms with Gasteiger partial charge in [-0.05, 0) is 23.8 Å². The molecule has 18 heavy (non-hydrogen) atoms. The highest BCUT2D eigenvalue weighted by Crippen LogP contribution is 2.36. The maximum absolute atomic E-state index is 6.33. The topological polar surface area (TPSA) is 43.8 Å². The van der Waals surface area contributed by atoms with Crippen LogP contribution in [0.5, 0.6) is 0 Å². The van der Waals surface area contributed by atoms with Gasteiger partial charge in [-0.1, -0.05) is 11.6 Å². The van der Waals surface area contributed by atoms with Crippen LogP contribution in [0.4, 0.5) is 0 Å². The van der Waals surface area contributed by atoms with Gasteiger partial charge in [0.05, 0.1) is 23.0 Å². The molecule has 0 bridgehead atoms. The normalized spacial score (nSPS) is 16.6. The van der Waals surface area contributed by atoms with E-state index in [0.717, 1.165) is 17.9 Å². The number of aromatic nitrogens is 2. The molecule has 0 aliphatic carbocycles. The molecule has 2 aromatic heterocycles. The Morgan fingerprint density at radius 1 is 1.56 bits per heavy atom. The van der Waals surface area contributed by atoms with Crippen molar-refractivity contribution in [3.05, 3.63) is 38.3 Å². The minimum atomic E-state index is -0.175. The van der Waals surface area contributed by atoms with Crippen molar-refractivity contribution in [1.29, 1.82) is 0 Å². The van der Waals surface area contributed by atoms with Gasteiger partial charge in [0, 0.05) is 22.6 Å². The van der Waals surface area contributed by atoms with E-state index in [1.165, 1.54) is 21.1 Å². The number of hydrogen-bond acceptors (Lipinski definition) is 4. The molecular weight excluding hydrogens is 286 g/mol. The molecule has 2 N–H and O–H groups in total. The lowest BCUT2D eigenvalue weighted by molar-refractivity contribution is 0.678. The van der Waals surface area contributed by atoms with Crippen LogP contribution in [-0.2, 0) is 19.2 Å². The average molecular weight is 300 g/mol. The molecule has 1 aliphatic heterocycles. The highest BCUT2D eigenvalue weighted by molar-refractivity contribution is 7.98. The number of aryl methyl sites for hydroxylation is 2. The van der Waals surface area contributed by atoms with Crippen LogP contribution in [0.2, 0.25) is 5.02 Å². The number of halogens is 1. The predicted octanol–water partition coefficient (Wildman–Crippen LogP) is 2.97. The van der Waals surface area contributed by atoms with Crippen molar-refractivity contribution in [2.24, 2.45) is 12.8 Å². The van der Waals surface area contributed by atoms with Gasteiger partial charge in [-0.2, -0.15) is 16.9 Å². The van der Waals surface area contributed by atoms with Crippen LogP contribution in [0.25, 0.3) is 0 Å². The van der Waals surface area contributed by atoms with Crippen molar-refractivity contribution in [1.82, 2.24) is 9.78 Å². The van der Waals surface area contributed by atoms with Crippen molar-refractivity contribution < 1.29 is 0 Å². The molecular formula is C12H14ClN3S2. The van der Waals surface area contributed by atoms with Crippen LogP contribution >= 0.6 is 34.7 Å². The average Bonchev–Trinajstić information content (AvgIpc) is 2.92. The minimum Gasteiger partial charge on any atom is -0.318 e. The number of hydrogen-bond donors (Lipinski definition) is 1. The van der Waals surface area contributed by atoms with Crippen molar-refractivity contribution in [3.8, 4) is 0 Å². The van der Waals surface area contributed by atoms with Gasteiger partial charge in [-0.15, -0.1) is 11.3 Å². The van der Waals surface area contributed by atoms with Gasteiger partial charge in [-0.3, -0.25) is 4.68 Å². The van der Waals surface area contributed by atoms with E-state index < -0.39 is 0 Å². The Morgan fingerprint density at radius 3 is 3.06 bits per heavy atom. The van der Waals surface area contributed by atoms with Crippen molar-refractivity contribution in [3.63, 3.8) is 0 Å². The summed E-state index contributed by atoms with van der Waals surface area (Å²) < 4.78 is 1.76. The van der Waals surface area contributed by atoms with E-state index in [1.54, 1.807) is 10.9 Å². The molecule has 0 amide bonds. The van der Waals surface area contributed by atoms with Crippen molar-refractivity contribution in [2.75, 3.05) is 5.75 Å². The first-order valence-corrected chi connectivity index (χ1v) is 8.14. The molecule has 0 aromatic carbocycles. The fourth-order valence-electron chi connectivity index (χ4n) is 2.23. The van der Waals surface area contributed by atoms with Crippen molar-refractivity contribution >= 4 is 34.7 Å². The number of thioether (sulfide) groups is 1. The summed E-state index contributed by atoms with van der Waals surface area (Å²) in [5.74, 6) is 2.33. The summed E-state index contributed by atoms with van der Waals surface area (Å²) in [5.41, 5.74) is 8.67. The van der Waals surface area contributed by atoms with Crippen LogP contribution in [0, 0.1) is 0 Å². The van der Waals surface area contributed by atoms with Crippen LogP contribution in [-0.4, -0.2) is 15.5 Å². The molecule has 3 heterocycles. The SMILES string of the molecule is Cn1ncc(Cl)c1C(N)c1cc2c(s1)CCSC2. The van der Waals surface area contributed by atoms with Crippen molar-refractivity contribution in [2.45, 2.75) is 18.2 Å². The molecule has 0 saturated carbocycles. The molecule has 1 unspecified atom stereocenters. The molecule has 6 heteroatoms. The Balaban J connectivity index is 1.97. The van der Waals surface area contributed by atoms with Crippen LogP contribution in [0.15, 0.2) is 12.3 Å². The van der Waals surface area contributed by atoms with E-state index in [9.17, 15) is 0 Å². The summed E-state index contributed by atoms with van der Waals surface area (Å²) in [7, 11) is 1.88. The summed E-state index contributed by atoms with van der Waals surface area (Å²) in [6.07, 6.45) is 2.82. The van der Waals surface area contributed by atoms with Gasteiger partial charge >= 0.3 is 0 Å². The zero-order valence-electron chi connectivity index (χ0n) is 10.0. The van der Waals surface area contributed by atoms with E-state index in [4.69, 9.17) is 17.3 Å². The summed E-state index contributed by atoms with van der Waals surface area (Å²) in [5, 5.41) is 4.79. The zero-order valence-corrected chi connectivity index (χ0v) is 12.4. The first-order chi connectivity index (χ1) is 8.66. The quantitative estimate of drug-likeness (QED) is 0.927. The summed E-state index contributed by atoms with van der Waals surface area (Å²) >= 11 is 9.96. The number of thiophene rings is 1. The van der Waals surface area contributed by atoms with Crippen LogP contribution in [0.1, 0.15) is 27.1 Å². The molecule has 3 rings (SSSR count). The van der Waals surface area contributed by atoms with E-state index in [0.29, 0.717) is 5.02 Å². The molecule has 0 spiro atoms. The van der Waals surface area contributed by atoms with Gasteiger partial charge in [0.25, 0.3) is 0 Å². The molecule has 0 radical (unpaired) electrons. The van der Waals surface area contributed by atoms with Gasteiger partial charge in [0.2, 0.25) is 0 Å². The van der Waals surface area contributed by atoms with Gasteiger partial charge < -0.3 is 5.73 Å². The predicted molar refractivity (Wildman–Crippen MR) is 78.4 cm³/mol. The van der Waals surface area contributed by atoms with Crippen LogP contribution < -0.4 is 5.73 Å². The maximum Gasteiger partial charge on any atom is 0.0837 e. The fraction of sp³-hybridized carbons (Fsp3) is 0.417. The third kappa shape index (κ3) is 2.09. The van der Waals surface area contributed by atoms with E-state index in [-0.39, 0.29) is 6.04 Å². The Kier molecular flexibility index (Phi) is 3.40. The Bertz CT molecular complexity index is 533. The summed E-state index contributed by atoms with van der Waals surface area (Å²) in [4.78, 5) is 2.67. The molecule has 2 aromatic rings. The minimum absolute atomic E-state index is 0.175. The summed E-state index contributed by atoms with van der Waals surface area (Å²) in [6, 6.07) is 2.06. The molecule has 96 valence electrons. The maximum atomic E-state index is 6.33. The number of fused-ring (bicyclic) bond motifs is 1. The molecule has 3 nitrogen and oxygen atoms in total. The standard InChI is InChI=1S/C12H14ClN3S2/c1-16-12(8(13)5-15-16)11(14)10-4-7-6-17-3-2-9(7)18-10/h4-5,11H,2-3,6,14H2,1H3. The largest absolute Gasteiger partial charge is 0.318 e. The third-order valence-electron chi connectivity index (χ3n) is 3.19. The molecule has 0 saturated heterocycles. The molecule has 1 aliphatic rings. The lowest BCUT2D eigenvalue weighted by Gasteiger charge is -2.10. The Hall–Kier alpha value is -0.490. The Morgan fingerprint density at radius 2 is 2.39 bits per heavy atom. The first-order valence-electron chi connectivity index (χ1n) is 5.79. The van der Waals surface area contributed by atoms with E-state index in [1.807, 2.05) is 30.1 Å². The number of nitrogens with two attached hydrogens (primary N) is 1. The lowest BCUT2D eigenvalue weighted by Crippen LogP contribution is -2.15. The second-order valence-corrected chi connectivity index (χ2v) is 7.06. The number of rotatable bonds is 2. The number of nitrogens with zero attached hydrogens (tertiary/aromatic N) is 2. The first kappa shape index (κ1) is 12.5. The Labute approximate surface area is 119 Å². The third-order valence-corrected chi connectivity index (χ3v) is 5.80. The van der Waals surface area contributed by atoms with Gasteiger partial charge in [-0.25, -0.2) is 0 Å². The molecule has 0 fully saturated rings. The smallest absolute Gasteiger partial charge is 0.0837 e. The highest BCUT2D eigenvalue weighted by atomic mass is 35.5.